The van der Waals surface area contributed by atoms with E-state index >= 15 is 0 Å². The van der Waals surface area contributed by atoms with Crippen LogP contribution in [-0.2, 0) is 9.59 Å². The summed E-state index contributed by atoms with van der Waals surface area (Å²) in [5.41, 5.74) is 4.30. The Balaban J connectivity index is 1.50. The van der Waals surface area contributed by atoms with Gasteiger partial charge in [0.2, 0.25) is 5.91 Å². The van der Waals surface area contributed by atoms with Gasteiger partial charge >= 0.3 is 0 Å². The normalized spacial score (nSPS) is 23.9. The molecule has 29 heavy (non-hydrogen) atoms. The van der Waals surface area contributed by atoms with Crippen LogP contribution in [0.25, 0.3) is 0 Å². The van der Waals surface area contributed by atoms with Crippen molar-refractivity contribution in [1.82, 2.24) is 0 Å². The number of benzene rings is 2. The molecule has 5 nitrogen and oxygen atoms in total. The van der Waals surface area contributed by atoms with E-state index in [1.54, 1.807) is 0 Å². The zero-order valence-corrected chi connectivity index (χ0v) is 17.0. The molecule has 4 rings (SSSR count). The van der Waals surface area contributed by atoms with Crippen LogP contribution in [0, 0.1) is 31.6 Å². The molecule has 2 aromatic carbocycles. The third-order valence-corrected chi connectivity index (χ3v) is 6.14. The number of carbonyl (C=O) groups is 2. The van der Waals surface area contributed by atoms with Crippen molar-refractivity contribution in [3.8, 4) is 0 Å². The topological polar surface area (TPSA) is 70.9 Å². The molecule has 2 aromatic rings. The number of hydrogen-bond acceptors (Lipinski definition) is 4. The van der Waals surface area contributed by atoms with Gasteiger partial charge in [-0.1, -0.05) is 30.2 Å². The summed E-state index contributed by atoms with van der Waals surface area (Å²) >= 11 is 0. The summed E-state index contributed by atoms with van der Waals surface area (Å²) in [6.07, 6.45) is 4.32. The Morgan fingerprint density at radius 1 is 0.931 bits per heavy atom. The number of aryl methyl sites for hydroxylation is 2. The Morgan fingerprint density at radius 3 is 2.28 bits per heavy atom. The molecule has 2 aliphatic carbocycles. The lowest BCUT2D eigenvalue weighted by Gasteiger charge is -2.37. The molecule has 2 saturated carbocycles. The highest BCUT2D eigenvalue weighted by Gasteiger charge is 2.41. The lowest BCUT2D eigenvalue weighted by molar-refractivity contribution is -0.136. The van der Waals surface area contributed by atoms with Gasteiger partial charge in [0, 0.05) is 17.8 Å². The number of nitrogens with one attached hydrogen (secondary N) is 1. The molecule has 0 aromatic heterocycles. The van der Waals surface area contributed by atoms with Crippen molar-refractivity contribution in [1.29, 1.82) is 0 Å². The van der Waals surface area contributed by atoms with Crippen LogP contribution in [0.15, 0.2) is 52.7 Å². The largest absolute Gasteiger partial charge is 0.324 e. The van der Waals surface area contributed by atoms with Crippen molar-refractivity contribution in [3.63, 3.8) is 0 Å². The number of Topliss-reactive ketones (excluding diaryl/α,β-unsaturated/α-hetero) is 1. The van der Waals surface area contributed by atoms with Crippen LogP contribution >= 0.6 is 0 Å². The van der Waals surface area contributed by atoms with Crippen molar-refractivity contribution >= 4 is 28.8 Å². The van der Waals surface area contributed by atoms with E-state index in [0.717, 1.165) is 30.5 Å². The number of hydrogen-bond donors (Lipinski definition) is 1. The first-order valence-electron chi connectivity index (χ1n) is 10.4. The maximum absolute atomic E-state index is 13.0. The fraction of sp³-hybridized carbons (Fsp3) is 0.417. The van der Waals surface area contributed by atoms with Gasteiger partial charge in [-0.25, -0.2) is 0 Å². The Morgan fingerprint density at radius 2 is 1.59 bits per heavy atom. The lowest BCUT2D eigenvalue weighted by Crippen LogP contribution is -2.40. The highest BCUT2D eigenvalue weighted by atomic mass is 16.2. The molecule has 0 radical (unpaired) electrons. The minimum atomic E-state index is -0.105. The first kappa shape index (κ1) is 19.5. The van der Waals surface area contributed by atoms with Crippen LogP contribution in [0.5, 0.6) is 0 Å². The van der Waals surface area contributed by atoms with Crippen molar-refractivity contribution in [3.05, 3.63) is 53.6 Å². The third kappa shape index (κ3) is 4.44. The van der Waals surface area contributed by atoms with Crippen LogP contribution < -0.4 is 5.32 Å². The number of carbonyl (C=O) groups excluding carboxylic acids is 2. The minimum absolute atomic E-state index is 0.00922. The maximum atomic E-state index is 13.0. The van der Waals surface area contributed by atoms with Crippen molar-refractivity contribution in [2.24, 2.45) is 28.0 Å². The van der Waals surface area contributed by atoms with E-state index in [-0.39, 0.29) is 23.7 Å². The Hall–Kier alpha value is -2.82. The minimum Gasteiger partial charge on any atom is -0.324 e. The van der Waals surface area contributed by atoms with Gasteiger partial charge < -0.3 is 5.32 Å². The van der Waals surface area contributed by atoms with Gasteiger partial charge in [-0.3, -0.25) is 9.59 Å². The van der Waals surface area contributed by atoms with Gasteiger partial charge in [0.1, 0.15) is 11.5 Å². The van der Waals surface area contributed by atoms with E-state index < -0.39 is 0 Å². The van der Waals surface area contributed by atoms with E-state index in [9.17, 15) is 9.59 Å². The summed E-state index contributed by atoms with van der Waals surface area (Å²) in [4.78, 5) is 25.3. The monoisotopic (exact) mass is 389 g/mol. The smallest absolute Gasteiger partial charge is 0.227 e. The Labute approximate surface area is 171 Å². The molecule has 150 valence electrons. The van der Waals surface area contributed by atoms with Gasteiger partial charge in [-0.05, 0) is 69.4 Å². The maximum Gasteiger partial charge on any atom is 0.227 e. The van der Waals surface area contributed by atoms with Crippen molar-refractivity contribution in [2.75, 3.05) is 5.32 Å². The first-order valence-corrected chi connectivity index (χ1v) is 10.4. The van der Waals surface area contributed by atoms with Crippen LogP contribution in [0.2, 0.25) is 0 Å². The molecule has 5 heteroatoms. The van der Waals surface area contributed by atoms with Gasteiger partial charge in [0.15, 0.2) is 0 Å². The van der Waals surface area contributed by atoms with Crippen LogP contribution in [-0.4, -0.2) is 11.7 Å². The summed E-state index contributed by atoms with van der Waals surface area (Å²) in [5.74, 6) is 0.397. The third-order valence-electron chi connectivity index (χ3n) is 6.14. The van der Waals surface area contributed by atoms with E-state index in [1.807, 2.05) is 56.3 Å². The second-order valence-electron chi connectivity index (χ2n) is 8.44. The van der Waals surface area contributed by atoms with Crippen LogP contribution in [0.4, 0.5) is 17.1 Å². The lowest BCUT2D eigenvalue weighted by atomic mass is 9.67. The molecule has 0 saturated heterocycles. The number of azo groups is 1. The summed E-state index contributed by atoms with van der Waals surface area (Å²) in [5, 5.41) is 11.8. The molecule has 1 amide bonds. The van der Waals surface area contributed by atoms with Gasteiger partial charge in [-0.2, -0.15) is 5.11 Å². The van der Waals surface area contributed by atoms with Crippen molar-refractivity contribution < 1.29 is 9.59 Å². The Bertz CT molecular complexity index is 933. The number of fused-ring (bicyclic) bond motifs is 2. The van der Waals surface area contributed by atoms with Gasteiger partial charge in [0.05, 0.1) is 11.4 Å². The van der Waals surface area contributed by atoms with E-state index in [1.165, 1.54) is 5.56 Å². The predicted octanol–water partition coefficient (Wildman–Crippen LogP) is 6.05. The average Bonchev–Trinajstić information content (AvgIpc) is 2.69. The SMILES string of the molecule is Cc1ccc(N=Nc2cc(C)ccc2NC(=O)C2CC3CCCC(C2)C3=O)cc1. The number of nitrogens with zero attached hydrogens (tertiary/aromatic N) is 2. The van der Waals surface area contributed by atoms with Crippen LogP contribution in [0.3, 0.4) is 0 Å². The summed E-state index contributed by atoms with van der Waals surface area (Å²) in [6.45, 7) is 4.02. The molecular weight excluding hydrogens is 362 g/mol. The molecule has 2 bridgehead atoms. The highest BCUT2D eigenvalue weighted by molar-refractivity contribution is 5.97. The molecule has 0 aliphatic heterocycles. The average molecular weight is 389 g/mol. The zero-order chi connectivity index (χ0) is 20.4. The molecule has 0 spiro atoms. The number of rotatable bonds is 4. The number of ketones is 1. The zero-order valence-electron chi connectivity index (χ0n) is 17.0. The fourth-order valence-electron chi connectivity index (χ4n) is 4.48. The highest BCUT2D eigenvalue weighted by Crippen LogP contribution is 2.40. The quantitative estimate of drug-likeness (QED) is 0.646. The second-order valence-corrected chi connectivity index (χ2v) is 8.44. The molecule has 2 aliphatic rings. The number of amides is 1. The Kier molecular flexibility index (Phi) is 5.56. The molecule has 2 unspecified atom stereocenters. The molecule has 1 N–H and O–H groups in total. The van der Waals surface area contributed by atoms with Gasteiger partial charge in [-0.15, -0.1) is 5.11 Å². The standard InChI is InChI=1S/C24H27N3O2/c1-15-6-9-20(10-7-15)26-27-22-12-16(2)8-11-21(22)25-24(29)19-13-17-4-3-5-18(14-19)23(17)28/h6-12,17-19H,3-5,13-14H2,1-2H3,(H,25,29). The fourth-order valence-corrected chi connectivity index (χ4v) is 4.48. The number of anilines is 1. The van der Waals surface area contributed by atoms with E-state index in [4.69, 9.17) is 0 Å². The predicted molar refractivity (Wildman–Crippen MR) is 114 cm³/mol. The summed E-state index contributed by atoms with van der Waals surface area (Å²) < 4.78 is 0. The second kappa shape index (κ2) is 8.27. The molecular formula is C24H27N3O2. The van der Waals surface area contributed by atoms with Gasteiger partial charge in [0.25, 0.3) is 0 Å². The molecule has 0 heterocycles. The van der Waals surface area contributed by atoms with E-state index in [2.05, 4.69) is 15.5 Å². The molecule has 2 fully saturated rings. The first-order chi connectivity index (χ1) is 14.0. The van der Waals surface area contributed by atoms with E-state index in [0.29, 0.717) is 30.0 Å². The summed E-state index contributed by atoms with van der Waals surface area (Å²) in [7, 11) is 0. The molecule has 2 atom stereocenters. The van der Waals surface area contributed by atoms with Crippen LogP contribution in [0.1, 0.15) is 43.2 Å². The summed E-state index contributed by atoms with van der Waals surface area (Å²) in [6, 6.07) is 13.6. The van der Waals surface area contributed by atoms with Crippen molar-refractivity contribution in [2.45, 2.75) is 46.0 Å².